The van der Waals surface area contributed by atoms with Crippen molar-refractivity contribution in [3.8, 4) is 5.75 Å². The number of fused-ring (bicyclic) bond motifs is 2. The molecule has 0 unspecified atom stereocenters. The topological polar surface area (TPSA) is 167 Å². The van der Waals surface area contributed by atoms with Gasteiger partial charge in [0, 0.05) is 75.7 Å². The molecule has 2 aromatic heterocycles. The molecule has 294 valence electrons. The van der Waals surface area contributed by atoms with E-state index in [9.17, 15) is 19.2 Å². The number of amides is 5. The Hall–Kier alpha value is -6.51. The molecule has 0 bridgehead atoms. The number of methoxy groups -OCH3 is 1. The number of nitrogens with one attached hydrogen (secondary N) is 3. The van der Waals surface area contributed by atoms with Crippen LogP contribution in [0.3, 0.4) is 0 Å². The second-order valence-corrected chi connectivity index (χ2v) is 15.0. The summed E-state index contributed by atoms with van der Waals surface area (Å²) < 4.78 is 7.21. The van der Waals surface area contributed by atoms with Crippen LogP contribution in [0.25, 0.3) is 11.0 Å². The number of rotatable bonds is 9. The van der Waals surface area contributed by atoms with Crippen LogP contribution in [0.4, 0.5) is 33.6 Å². The van der Waals surface area contributed by atoms with Crippen LogP contribution in [0.15, 0.2) is 60.8 Å². The number of hydrogen-bond donors (Lipinski definition) is 3. The van der Waals surface area contributed by atoms with Crippen LogP contribution in [0.5, 0.6) is 5.75 Å². The molecule has 0 saturated carbocycles. The van der Waals surface area contributed by atoms with E-state index in [4.69, 9.17) is 9.72 Å². The third-order valence-electron chi connectivity index (χ3n) is 11.3. The highest BCUT2D eigenvalue weighted by Crippen LogP contribution is 2.33. The molecule has 0 aliphatic carbocycles. The molecule has 0 spiro atoms. The predicted molar refractivity (Wildman–Crippen MR) is 216 cm³/mol. The van der Waals surface area contributed by atoms with Gasteiger partial charge in [0.05, 0.1) is 18.2 Å². The Labute approximate surface area is 330 Å². The maximum Gasteiger partial charge on any atom is 0.328 e. The van der Waals surface area contributed by atoms with Crippen LogP contribution in [0, 0.1) is 19.8 Å². The number of carbonyl (C=O) groups excluding carboxylic acids is 4. The number of aromatic nitrogens is 4. The summed E-state index contributed by atoms with van der Waals surface area (Å²) >= 11 is 0. The van der Waals surface area contributed by atoms with Crippen LogP contribution >= 0.6 is 0 Å². The summed E-state index contributed by atoms with van der Waals surface area (Å²) in [4.78, 5) is 66.0. The Bertz CT molecular complexity index is 2380. The summed E-state index contributed by atoms with van der Waals surface area (Å²) in [7, 11) is 3.37. The van der Waals surface area contributed by atoms with Crippen molar-refractivity contribution in [2.75, 3.05) is 48.8 Å². The number of para-hydroxylation sites is 1. The highest BCUT2D eigenvalue weighted by atomic mass is 16.5. The molecule has 15 nitrogen and oxygen atoms in total. The van der Waals surface area contributed by atoms with E-state index < -0.39 is 6.03 Å². The molecule has 15 heteroatoms. The molecule has 5 amide bonds. The van der Waals surface area contributed by atoms with E-state index in [1.54, 1.807) is 34.0 Å². The summed E-state index contributed by atoms with van der Waals surface area (Å²) in [6, 6.07) is 16.8. The molecule has 57 heavy (non-hydrogen) atoms. The van der Waals surface area contributed by atoms with Gasteiger partial charge in [0.2, 0.25) is 17.8 Å². The summed E-state index contributed by atoms with van der Waals surface area (Å²) in [6.45, 7) is 6.59. The van der Waals surface area contributed by atoms with E-state index in [0.717, 1.165) is 52.7 Å². The van der Waals surface area contributed by atoms with Crippen molar-refractivity contribution in [3.05, 3.63) is 88.6 Å². The van der Waals surface area contributed by atoms with Crippen molar-refractivity contribution in [2.24, 2.45) is 13.0 Å². The third-order valence-corrected chi connectivity index (χ3v) is 11.3. The zero-order chi connectivity index (χ0) is 39.8. The largest absolute Gasteiger partial charge is 0.495 e. The van der Waals surface area contributed by atoms with Gasteiger partial charge in [-0.15, -0.1) is 0 Å². The van der Waals surface area contributed by atoms with Gasteiger partial charge < -0.3 is 25.2 Å². The number of ether oxygens (including phenoxy) is 1. The van der Waals surface area contributed by atoms with Gasteiger partial charge in [0.25, 0.3) is 5.91 Å². The van der Waals surface area contributed by atoms with Gasteiger partial charge in [-0.1, -0.05) is 24.3 Å². The van der Waals surface area contributed by atoms with Gasteiger partial charge in [-0.25, -0.2) is 14.5 Å². The summed E-state index contributed by atoms with van der Waals surface area (Å²) in [5.74, 6) is 1.41. The first kappa shape index (κ1) is 37.4. The lowest BCUT2D eigenvalue weighted by Crippen LogP contribution is -2.49. The fourth-order valence-corrected chi connectivity index (χ4v) is 8.02. The van der Waals surface area contributed by atoms with E-state index in [1.165, 1.54) is 17.6 Å². The van der Waals surface area contributed by atoms with Crippen molar-refractivity contribution in [3.63, 3.8) is 0 Å². The number of nitrogens with zero attached hydrogens (tertiary/aromatic N) is 7. The minimum Gasteiger partial charge on any atom is -0.495 e. The molecule has 0 radical (unpaired) electrons. The first-order valence-corrected chi connectivity index (χ1v) is 19.3. The van der Waals surface area contributed by atoms with Crippen molar-refractivity contribution < 1.29 is 23.9 Å². The highest BCUT2D eigenvalue weighted by Gasteiger charge is 2.31. The number of piperidine rings is 1. The van der Waals surface area contributed by atoms with E-state index in [-0.39, 0.29) is 36.6 Å². The molecule has 2 fully saturated rings. The van der Waals surface area contributed by atoms with Gasteiger partial charge in [0.15, 0.2) is 11.5 Å². The summed E-state index contributed by atoms with van der Waals surface area (Å²) in [5, 5.41) is 14.7. The number of imide groups is 1. The Morgan fingerprint density at radius 1 is 0.912 bits per heavy atom. The van der Waals surface area contributed by atoms with Gasteiger partial charge in [-0.2, -0.15) is 10.1 Å². The Kier molecular flexibility index (Phi) is 10.2. The minimum atomic E-state index is -0.542. The first-order chi connectivity index (χ1) is 27.5. The molecule has 5 heterocycles. The quantitative estimate of drug-likeness (QED) is 0.168. The van der Waals surface area contributed by atoms with Crippen LogP contribution in [0.2, 0.25) is 0 Å². The van der Waals surface area contributed by atoms with Crippen LogP contribution < -0.4 is 25.6 Å². The lowest BCUT2D eigenvalue weighted by molar-refractivity contribution is -0.133. The molecule has 8 rings (SSSR count). The lowest BCUT2D eigenvalue weighted by atomic mass is 9.91. The smallest absolute Gasteiger partial charge is 0.328 e. The Morgan fingerprint density at radius 2 is 1.70 bits per heavy atom. The normalized spacial score (nSPS) is 16.0. The average molecular weight is 771 g/mol. The minimum absolute atomic E-state index is 0.122. The van der Waals surface area contributed by atoms with Gasteiger partial charge in [0.1, 0.15) is 5.75 Å². The van der Waals surface area contributed by atoms with Gasteiger partial charge in [-0.05, 0) is 91.6 Å². The second-order valence-electron chi connectivity index (χ2n) is 15.0. The third kappa shape index (κ3) is 7.69. The molecule has 3 aromatic carbocycles. The maximum atomic E-state index is 13.6. The van der Waals surface area contributed by atoms with Crippen molar-refractivity contribution >= 4 is 63.6 Å². The molecular weight excluding hydrogens is 725 g/mol. The fraction of sp³-hybridized carbons (Fsp3) is 0.357. The molecule has 3 aliphatic heterocycles. The highest BCUT2D eigenvalue weighted by molar-refractivity contribution is 6.07. The van der Waals surface area contributed by atoms with E-state index in [2.05, 4.69) is 64.1 Å². The van der Waals surface area contributed by atoms with Crippen LogP contribution in [-0.4, -0.2) is 86.6 Å². The summed E-state index contributed by atoms with van der Waals surface area (Å²) in [5.41, 5.74) is 8.01. The maximum absolute atomic E-state index is 13.6. The van der Waals surface area contributed by atoms with Crippen molar-refractivity contribution in [2.45, 2.75) is 52.5 Å². The fourth-order valence-electron chi connectivity index (χ4n) is 8.02. The molecule has 3 aliphatic rings. The SMILES string of the molecule is COc1ccc(C(=O)N2CCC(CC(=O)N3CCc4ccc(Nc5ncc6c(Nc7c(C)cccc7C)nn(C)c6n5)cc4C3)CC2)cc1N1CCC(=O)NC1=O. The zero-order valence-corrected chi connectivity index (χ0v) is 32.6. The molecule has 0 atom stereocenters. The Morgan fingerprint density at radius 3 is 2.46 bits per heavy atom. The predicted octanol–water partition coefficient (Wildman–Crippen LogP) is 5.75. The number of aryl methyl sites for hydroxylation is 3. The number of benzene rings is 3. The van der Waals surface area contributed by atoms with Gasteiger partial charge >= 0.3 is 6.03 Å². The number of urea groups is 1. The van der Waals surface area contributed by atoms with Gasteiger partial charge in [-0.3, -0.25) is 24.6 Å². The summed E-state index contributed by atoms with van der Waals surface area (Å²) in [6.07, 6.45) is 4.60. The molecular formula is C42H46N10O5. The number of likely N-dealkylation sites (tertiary alicyclic amines) is 1. The van der Waals surface area contributed by atoms with E-state index in [0.29, 0.717) is 67.0 Å². The second kappa shape index (κ2) is 15.6. The zero-order valence-electron chi connectivity index (χ0n) is 32.6. The monoisotopic (exact) mass is 770 g/mol. The van der Waals surface area contributed by atoms with Crippen LogP contribution in [-0.2, 0) is 29.6 Å². The molecule has 2 saturated heterocycles. The number of carbonyl (C=O) groups is 4. The lowest BCUT2D eigenvalue weighted by Gasteiger charge is -2.34. The first-order valence-electron chi connectivity index (χ1n) is 19.3. The van der Waals surface area contributed by atoms with Crippen LogP contribution in [0.1, 0.15) is 58.3 Å². The van der Waals surface area contributed by atoms with E-state index >= 15 is 0 Å². The number of anilines is 5. The molecule has 5 aromatic rings. The van der Waals surface area contributed by atoms with E-state index in [1.807, 2.05) is 24.1 Å². The Balaban J connectivity index is 0.867. The van der Waals surface area contributed by atoms with Crippen molar-refractivity contribution in [1.82, 2.24) is 34.9 Å². The standard InChI is InChI=1S/C42H46N10O5/c1-25-6-5-7-26(2)37(25)46-38-32-23-43-41(47-39(32)49(3)48-38)44-31-10-8-28-14-18-51(24-30(28)21-31)36(54)20-27-12-16-50(17-13-27)40(55)29-9-11-34(57-4)33(22-29)52-19-15-35(53)45-42(52)56/h5-11,21-23,27H,12-20,24H2,1-4H3,(H,46,48)(H,43,44,47)(H,45,53,56). The number of hydrogen-bond acceptors (Lipinski definition) is 10. The average Bonchev–Trinajstić information content (AvgIpc) is 3.52. The molecule has 3 N–H and O–H groups in total. The van der Waals surface area contributed by atoms with Crippen molar-refractivity contribution in [1.29, 1.82) is 0 Å².